The molecule has 0 radical (unpaired) electrons. The third kappa shape index (κ3) is 3.83. The van der Waals surface area contributed by atoms with Gasteiger partial charge in [0.05, 0.1) is 25.0 Å². The molecule has 0 saturated carbocycles. The Morgan fingerprint density at radius 2 is 2.16 bits per heavy atom. The average molecular weight is 446 g/mol. The van der Waals surface area contributed by atoms with Crippen LogP contribution in [0.4, 0.5) is 10.1 Å². The van der Waals surface area contributed by atoms with Gasteiger partial charge in [-0.15, -0.1) is 0 Å². The zero-order valence-corrected chi connectivity index (χ0v) is 17.7. The minimum absolute atomic E-state index is 0.211. The molecule has 2 aliphatic rings. The maximum Gasteiger partial charge on any atom is 0.269 e. The SMILES string of the molecule is Cc1onc(-c2ccc(Cl)nc2)c1Cn1ncc(N2CC3(CC(F)CCO3)C2)cc1=O. The van der Waals surface area contributed by atoms with E-state index < -0.39 is 11.8 Å². The second-order valence-electron chi connectivity index (χ2n) is 8.12. The molecule has 0 amide bonds. The number of rotatable bonds is 4. The number of pyridine rings is 1. The second-order valence-corrected chi connectivity index (χ2v) is 8.51. The molecule has 8 nitrogen and oxygen atoms in total. The van der Waals surface area contributed by atoms with Crippen molar-refractivity contribution in [3.05, 3.63) is 57.4 Å². The summed E-state index contributed by atoms with van der Waals surface area (Å²) in [6.45, 7) is 3.58. The fourth-order valence-electron chi connectivity index (χ4n) is 4.21. The number of aromatic nitrogens is 4. The Bertz CT molecular complexity index is 1160. The number of hydrogen-bond acceptors (Lipinski definition) is 7. The normalized spacial score (nSPS) is 20.1. The highest BCUT2D eigenvalue weighted by atomic mass is 35.5. The van der Waals surface area contributed by atoms with Gasteiger partial charge in [-0.25, -0.2) is 14.1 Å². The van der Waals surface area contributed by atoms with E-state index >= 15 is 0 Å². The molecule has 2 saturated heterocycles. The molecule has 10 heteroatoms. The van der Waals surface area contributed by atoms with Crippen LogP contribution in [0.25, 0.3) is 11.3 Å². The molecular formula is C21H21ClFN5O3. The standard InChI is InChI=1S/C21H21ClFN5O3/c1-13-17(20(26-31-13)14-2-3-18(22)24-8-14)10-28-19(29)6-16(9-25-28)27-11-21(12-27)7-15(23)4-5-30-21/h2-3,6,8-9,15H,4-5,7,10-12H2,1H3. The van der Waals surface area contributed by atoms with Crippen molar-refractivity contribution in [2.24, 2.45) is 0 Å². The molecule has 31 heavy (non-hydrogen) atoms. The first-order chi connectivity index (χ1) is 14.9. The number of nitrogens with zero attached hydrogens (tertiary/aromatic N) is 5. The molecule has 1 unspecified atom stereocenters. The molecule has 3 aromatic heterocycles. The Hall–Kier alpha value is -2.78. The number of aryl methyl sites for hydroxylation is 1. The van der Waals surface area contributed by atoms with Crippen LogP contribution in [0.5, 0.6) is 0 Å². The fraction of sp³-hybridized carbons (Fsp3) is 0.429. The maximum atomic E-state index is 13.7. The van der Waals surface area contributed by atoms with Crippen molar-refractivity contribution < 1.29 is 13.7 Å². The van der Waals surface area contributed by atoms with Gasteiger partial charge >= 0.3 is 0 Å². The third-order valence-corrected chi connectivity index (χ3v) is 6.13. The van der Waals surface area contributed by atoms with Crippen molar-refractivity contribution in [1.82, 2.24) is 19.9 Å². The zero-order chi connectivity index (χ0) is 21.6. The summed E-state index contributed by atoms with van der Waals surface area (Å²) >= 11 is 5.87. The van der Waals surface area contributed by atoms with Gasteiger partial charge in [0.15, 0.2) is 0 Å². The molecular weight excluding hydrogens is 425 g/mol. The van der Waals surface area contributed by atoms with Gasteiger partial charge in [-0.1, -0.05) is 16.8 Å². The van der Waals surface area contributed by atoms with Crippen molar-refractivity contribution in [2.75, 3.05) is 24.6 Å². The molecule has 2 aliphatic heterocycles. The van der Waals surface area contributed by atoms with Crippen molar-refractivity contribution in [3.63, 3.8) is 0 Å². The summed E-state index contributed by atoms with van der Waals surface area (Å²) in [5, 5.41) is 8.83. The molecule has 0 aromatic carbocycles. The Kier molecular flexibility index (Phi) is 5.02. The molecule has 1 atom stereocenters. The lowest BCUT2D eigenvalue weighted by Crippen LogP contribution is -2.66. The van der Waals surface area contributed by atoms with Crippen LogP contribution in [0.2, 0.25) is 5.15 Å². The summed E-state index contributed by atoms with van der Waals surface area (Å²) in [5.41, 5.74) is 2.12. The molecule has 2 fully saturated rings. The van der Waals surface area contributed by atoms with Gasteiger partial charge in [0.25, 0.3) is 5.56 Å². The summed E-state index contributed by atoms with van der Waals surface area (Å²) in [4.78, 5) is 18.8. The molecule has 0 N–H and O–H groups in total. The van der Waals surface area contributed by atoms with Gasteiger partial charge in [-0.3, -0.25) is 4.79 Å². The number of hydrogen-bond donors (Lipinski definition) is 0. The first-order valence-corrected chi connectivity index (χ1v) is 10.5. The lowest BCUT2D eigenvalue weighted by atomic mass is 9.85. The lowest BCUT2D eigenvalue weighted by Gasteiger charge is -2.53. The van der Waals surface area contributed by atoms with E-state index in [2.05, 4.69) is 15.2 Å². The van der Waals surface area contributed by atoms with Crippen LogP contribution in [0.3, 0.4) is 0 Å². The van der Waals surface area contributed by atoms with Gasteiger partial charge in [0.2, 0.25) is 0 Å². The molecule has 162 valence electrons. The minimum atomic E-state index is -0.820. The predicted octanol–water partition coefficient (Wildman–Crippen LogP) is 3.01. The van der Waals surface area contributed by atoms with E-state index in [9.17, 15) is 9.18 Å². The summed E-state index contributed by atoms with van der Waals surface area (Å²) in [6.07, 6.45) is 3.30. The topological polar surface area (TPSA) is 86.3 Å². The summed E-state index contributed by atoms with van der Waals surface area (Å²) in [5.74, 6) is 0.600. The summed E-state index contributed by atoms with van der Waals surface area (Å²) in [7, 11) is 0. The number of alkyl halides is 1. The largest absolute Gasteiger partial charge is 0.371 e. The van der Waals surface area contributed by atoms with Gasteiger partial charge in [-0.2, -0.15) is 5.10 Å². The zero-order valence-electron chi connectivity index (χ0n) is 16.9. The average Bonchev–Trinajstić information content (AvgIpc) is 3.08. The van der Waals surface area contributed by atoms with Crippen LogP contribution in [-0.2, 0) is 11.3 Å². The Morgan fingerprint density at radius 3 is 2.87 bits per heavy atom. The molecule has 5 rings (SSSR count). The number of ether oxygens (including phenoxy) is 1. The van der Waals surface area contributed by atoms with E-state index in [4.69, 9.17) is 20.9 Å². The van der Waals surface area contributed by atoms with Crippen LogP contribution >= 0.6 is 11.6 Å². The highest BCUT2D eigenvalue weighted by Gasteiger charge is 2.48. The van der Waals surface area contributed by atoms with Crippen LogP contribution in [0, 0.1) is 6.92 Å². The van der Waals surface area contributed by atoms with E-state index in [0.717, 1.165) is 11.1 Å². The molecule has 5 heterocycles. The quantitative estimate of drug-likeness (QED) is 0.570. The number of halogens is 2. The van der Waals surface area contributed by atoms with Crippen LogP contribution in [-0.4, -0.2) is 51.4 Å². The number of anilines is 1. The lowest BCUT2D eigenvalue weighted by molar-refractivity contribution is -0.117. The second kappa shape index (κ2) is 7.72. The summed E-state index contributed by atoms with van der Waals surface area (Å²) in [6, 6.07) is 5.01. The Morgan fingerprint density at radius 1 is 1.32 bits per heavy atom. The van der Waals surface area contributed by atoms with Crippen molar-refractivity contribution >= 4 is 17.3 Å². The molecule has 1 spiro atoms. The maximum absolute atomic E-state index is 13.7. The highest BCUT2D eigenvalue weighted by Crippen LogP contribution is 2.37. The molecule has 3 aromatic rings. The van der Waals surface area contributed by atoms with Gasteiger partial charge < -0.3 is 14.2 Å². The van der Waals surface area contributed by atoms with E-state index in [1.54, 1.807) is 37.5 Å². The van der Waals surface area contributed by atoms with Gasteiger partial charge in [0.1, 0.15) is 28.4 Å². The highest BCUT2D eigenvalue weighted by molar-refractivity contribution is 6.29. The van der Waals surface area contributed by atoms with Crippen LogP contribution in [0.1, 0.15) is 24.2 Å². The third-order valence-electron chi connectivity index (χ3n) is 5.90. The molecule has 0 aliphatic carbocycles. The summed E-state index contributed by atoms with van der Waals surface area (Å²) < 4.78 is 26.3. The monoisotopic (exact) mass is 445 g/mol. The van der Waals surface area contributed by atoms with Crippen LogP contribution in [0.15, 0.2) is 39.9 Å². The first kappa shape index (κ1) is 20.1. The van der Waals surface area contributed by atoms with Crippen molar-refractivity contribution in [2.45, 2.75) is 38.1 Å². The van der Waals surface area contributed by atoms with Crippen LogP contribution < -0.4 is 10.5 Å². The molecule has 0 bridgehead atoms. The van der Waals surface area contributed by atoms with Gasteiger partial charge in [-0.05, 0) is 19.1 Å². The Labute approximate surface area is 182 Å². The fourth-order valence-corrected chi connectivity index (χ4v) is 4.32. The smallest absolute Gasteiger partial charge is 0.269 e. The van der Waals surface area contributed by atoms with E-state index in [1.807, 2.05) is 4.90 Å². The van der Waals surface area contributed by atoms with E-state index in [0.29, 0.717) is 54.8 Å². The Balaban J connectivity index is 1.34. The first-order valence-electron chi connectivity index (χ1n) is 10.1. The van der Waals surface area contributed by atoms with Gasteiger partial charge in [0, 0.05) is 49.3 Å². The predicted molar refractivity (Wildman–Crippen MR) is 112 cm³/mol. The van der Waals surface area contributed by atoms with Crippen molar-refractivity contribution in [3.8, 4) is 11.3 Å². The van der Waals surface area contributed by atoms with E-state index in [1.165, 1.54) is 4.68 Å². The van der Waals surface area contributed by atoms with Crippen molar-refractivity contribution in [1.29, 1.82) is 0 Å². The van der Waals surface area contributed by atoms with E-state index in [-0.39, 0.29) is 12.1 Å². The minimum Gasteiger partial charge on any atom is -0.371 e.